The van der Waals surface area contributed by atoms with Crippen LogP contribution in [-0.4, -0.2) is 11.8 Å². The Kier molecular flexibility index (Phi) is 8.36. The van der Waals surface area contributed by atoms with Crippen LogP contribution in [0, 0.1) is 6.92 Å². The van der Waals surface area contributed by atoms with Gasteiger partial charge in [0, 0.05) is 60.5 Å². The lowest BCUT2D eigenvalue weighted by Crippen LogP contribution is -2.38. The van der Waals surface area contributed by atoms with Crippen LogP contribution < -0.4 is 16.2 Å². The van der Waals surface area contributed by atoms with E-state index in [9.17, 15) is 0 Å². The highest BCUT2D eigenvalue weighted by Crippen LogP contribution is 2.57. The molecule has 0 spiro atoms. The molecule has 1 aliphatic heterocycles. The van der Waals surface area contributed by atoms with Gasteiger partial charge in [-0.05, 0) is 168 Å². The van der Waals surface area contributed by atoms with Gasteiger partial charge in [0.15, 0.2) is 7.28 Å². The van der Waals surface area contributed by atoms with E-state index >= 15 is 0 Å². The van der Waals surface area contributed by atoms with Crippen molar-refractivity contribution in [2.24, 2.45) is 0 Å². The molecule has 0 fully saturated rings. The molecule has 349 valence electrons. The van der Waals surface area contributed by atoms with Gasteiger partial charge in [0.25, 0.3) is 0 Å². The standard InChI is InChI=1S/C67H62BN2O/c1-36-27-46(44-28-41-42-29-52-53(65(7,8)26-25-64(52,5)6)33-49(42)67(11,12)51(41)35-55(44)69-38-23-21-37(22-24-38)63(2,3)4)61-62-60(36)47-32-59-45(40-18-14-16-20-58(40)71-59)31-56(47)70(62)57-30-43-39-17-13-15-19-48(39)66(9,10)50(43)34-54(57)68-61/h13-24,27-35,69H,25-26H2,1-12H3. The highest BCUT2D eigenvalue weighted by Gasteiger charge is 2.44. The zero-order valence-electron chi connectivity index (χ0n) is 43.5. The summed E-state index contributed by atoms with van der Waals surface area (Å²) in [7, 11) is 2.53. The van der Waals surface area contributed by atoms with E-state index in [1.807, 2.05) is 0 Å². The molecule has 8 aromatic carbocycles. The largest absolute Gasteiger partial charge is 0.456 e. The van der Waals surface area contributed by atoms with Gasteiger partial charge in [-0.1, -0.05) is 154 Å². The van der Waals surface area contributed by atoms with Crippen LogP contribution in [0.5, 0.6) is 0 Å². The third kappa shape index (κ3) is 5.80. The minimum atomic E-state index is -0.195. The van der Waals surface area contributed by atoms with E-state index < -0.39 is 0 Å². The molecule has 3 aliphatic carbocycles. The molecule has 0 atom stereocenters. The summed E-state index contributed by atoms with van der Waals surface area (Å²) in [6.45, 7) is 28.7. The number of anilines is 2. The van der Waals surface area contributed by atoms with Crippen LogP contribution in [-0.2, 0) is 27.1 Å². The summed E-state index contributed by atoms with van der Waals surface area (Å²) in [6.07, 6.45) is 2.38. The molecule has 4 heteroatoms. The highest BCUT2D eigenvalue weighted by atomic mass is 16.3. The first kappa shape index (κ1) is 43.0. The molecular weight excluding hydrogens is 860 g/mol. The fourth-order valence-corrected chi connectivity index (χ4v) is 13.9. The lowest BCUT2D eigenvalue weighted by atomic mass is 9.58. The Morgan fingerprint density at radius 2 is 1.18 bits per heavy atom. The Bertz CT molecular complexity index is 4030. The second-order valence-electron chi connectivity index (χ2n) is 25.2. The monoisotopic (exact) mass is 921 g/mol. The molecule has 2 aromatic heterocycles. The molecule has 0 bridgehead atoms. The van der Waals surface area contributed by atoms with Crippen molar-refractivity contribution in [2.45, 2.75) is 123 Å². The molecule has 0 saturated heterocycles. The number of hydrogen-bond donors (Lipinski definition) is 1. The second kappa shape index (κ2) is 13.8. The van der Waals surface area contributed by atoms with E-state index in [0.717, 1.165) is 33.3 Å². The number of para-hydroxylation sites is 1. The first-order valence-corrected chi connectivity index (χ1v) is 26.0. The Labute approximate surface area is 419 Å². The Balaban J connectivity index is 1.07. The van der Waals surface area contributed by atoms with Crippen molar-refractivity contribution in [3.63, 3.8) is 0 Å². The predicted molar refractivity (Wildman–Crippen MR) is 302 cm³/mol. The maximum Gasteiger partial charge on any atom is 0.197 e. The fourth-order valence-electron chi connectivity index (χ4n) is 13.9. The van der Waals surface area contributed by atoms with Crippen molar-refractivity contribution in [3.05, 3.63) is 172 Å². The zero-order chi connectivity index (χ0) is 49.1. The van der Waals surface area contributed by atoms with E-state index in [-0.39, 0.29) is 27.1 Å². The Hall–Kier alpha value is -6.78. The molecule has 0 amide bonds. The van der Waals surface area contributed by atoms with Crippen LogP contribution in [0.2, 0.25) is 0 Å². The molecule has 1 N–H and O–H groups in total. The van der Waals surface area contributed by atoms with Crippen molar-refractivity contribution in [1.29, 1.82) is 0 Å². The van der Waals surface area contributed by atoms with Crippen LogP contribution in [0.1, 0.15) is 134 Å². The normalized spacial score (nSPS) is 17.2. The van der Waals surface area contributed by atoms with Crippen molar-refractivity contribution in [3.8, 4) is 39.1 Å². The van der Waals surface area contributed by atoms with E-state index in [2.05, 4.69) is 228 Å². The van der Waals surface area contributed by atoms with Gasteiger partial charge in [0.2, 0.25) is 0 Å². The van der Waals surface area contributed by atoms with Gasteiger partial charge in [-0.15, -0.1) is 0 Å². The smallest absolute Gasteiger partial charge is 0.197 e. The molecule has 4 aliphatic rings. The third-order valence-corrected chi connectivity index (χ3v) is 18.1. The van der Waals surface area contributed by atoms with E-state index in [1.165, 1.54) is 129 Å². The first-order chi connectivity index (χ1) is 33.7. The number of hydrogen-bond acceptors (Lipinski definition) is 2. The average Bonchev–Trinajstić information content (AvgIpc) is 4.00. The Morgan fingerprint density at radius 1 is 0.535 bits per heavy atom. The maximum atomic E-state index is 6.64. The Morgan fingerprint density at radius 3 is 1.94 bits per heavy atom. The summed E-state index contributed by atoms with van der Waals surface area (Å²) >= 11 is 0. The molecule has 71 heavy (non-hydrogen) atoms. The topological polar surface area (TPSA) is 30.1 Å². The third-order valence-electron chi connectivity index (χ3n) is 18.1. The summed E-state index contributed by atoms with van der Waals surface area (Å²) < 4.78 is 9.26. The van der Waals surface area contributed by atoms with Gasteiger partial charge in [-0.3, -0.25) is 0 Å². The van der Waals surface area contributed by atoms with Crippen molar-refractivity contribution < 1.29 is 4.42 Å². The minimum absolute atomic E-state index is 0.0588. The van der Waals surface area contributed by atoms with Gasteiger partial charge < -0.3 is 14.3 Å². The highest BCUT2D eigenvalue weighted by molar-refractivity contribution is 6.73. The van der Waals surface area contributed by atoms with Gasteiger partial charge in [0.1, 0.15) is 11.2 Å². The molecule has 14 rings (SSSR count). The lowest BCUT2D eigenvalue weighted by molar-refractivity contribution is 0.331. The van der Waals surface area contributed by atoms with E-state index in [0.29, 0.717) is 0 Å². The summed E-state index contributed by atoms with van der Waals surface area (Å²) in [5, 5.41) is 8.87. The van der Waals surface area contributed by atoms with E-state index in [1.54, 1.807) is 0 Å². The fraction of sp³-hybridized carbons (Fsp3) is 0.284. The summed E-state index contributed by atoms with van der Waals surface area (Å²) in [5.74, 6) is 0. The predicted octanol–water partition coefficient (Wildman–Crippen LogP) is 16.6. The molecule has 0 unspecified atom stereocenters. The second-order valence-corrected chi connectivity index (χ2v) is 25.2. The number of aryl methyl sites for hydroxylation is 1. The number of aromatic nitrogens is 1. The van der Waals surface area contributed by atoms with Gasteiger partial charge in [-0.2, -0.15) is 0 Å². The van der Waals surface area contributed by atoms with Crippen LogP contribution in [0.4, 0.5) is 11.4 Å². The van der Waals surface area contributed by atoms with Crippen LogP contribution >= 0.6 is 0 Å². The maximum absolute atomic E-state index is 6.64. The molecule has 0 saturated carbocycles. The number of fused-ring (bicyclic) bond motifs is 15. The van der Waals surface area contributed by atoms with Crippen molar-refractivity contribution in [2.75, 3.05) is 5.32 Å². The lowest BCUT2D eigenvalue weighted by Gasteiger charge is -2.42. The SMILES string of the molecule is Cc1cc(-c2cc3c(cc2Nc2ccc(C(C)(C)C)cc2)C(C)(C)c2cc4c(cc2-3)C(C)(C)CCC4(C)C)c2c3c1c1cc4oc5ccccc5c4cc1n3-c1cc3c(cc1[B]2)C(C)(C)c1ccccc1-3. The number of nitrogens with zero attached hydrogens (tertiary/aromatic N) is 1. The van der Waals surface area contributed by atoms with Crippen LogP contribution in [0.15, 0.2) is 132 Å². The number of nitrogens with one attached hydrogen (secondary N) is 1. The average molecular weight is 922 g/mol. The van der Waals surface area contributed by atoms with Gasteiger partial charge >= 0.3 is 0 Å². The summed E-state index contributed by atoms with van der Waals surface area (Å²) in [5.41, 5.74) is 29.3. The van der Waals surface area contributed by atoms with Crippen molar-refractivity contribution >= 4 is 73.3 Å². The van der Waals surface area contributed by atoms with Crippen LogP contribution in [0.25, 0.3) is 82.8 Å². The quantitative estimate of drug-likeness (QED) is 0.179. The minimum Gasteiger partial charge on any atom is -0.456 e. The van der Waals surface area contributed by atoms with Gasteiger partial charge in [-0.25, -0.2) is 0 Å². The zero-order valence-corrected chi connectivity index (χ0v) is 43.5. The van der Waals surface area contributed by atoms with Gasteiger partial charge in [0.05, 0.1) is 5.52 Å². The molecular formula is C67H62BN2O. The van der Waals surface area contributed by atoms with E-state index in [4.69, 9.17) is 4.42 Å². The number of furan rings is 1. The molecule has 3 nitrogen and oxygen atoms in total. The van der Waals surface area contributed by atoms with Crippen molar-refractivity contribution in [1.82, 2.24) is 4.57 Å². The number of benzene rings is 8. The molecule has 1 radical (unpaired) electrons. The summed E-state index contributed by atoms with van der Waals surface area (Å²) in [6, 6.07) is 49.2. The number of rotatable bonds is 3. The van der Waals surface area contributed by atoms with Crippen LogP contribution in [0.3, 0.4) is 0 Å². The molecule has 3 heterocycles. The summed E-state index contributed by atoms with van der Waals surface area (Å²) in [4.78, 5) is 0. The first-order valence-electron chi connectivity index (χ1n) is 26.0. The molecule has 10 aromatic rings.